The summed E-state index contributed by atoms with van der Waals surface area (Å²) in [6, 6.07) is 6.35. The van der Waals surface area contributed by atoms with Gasteiger partial charge in [0.2, 0.25) is 0 Å². The highest BCUT2D eigenvalue weighted by atomic mass is 16.5. The predicted molar refractivity (Wildman–Crippen MR) is 133 cm³/mol. The number of piperidine rings is 1. The molecular formula is C26H30N6O2. The van der Waals surface area contributed by atoms with Gasteiger partial charge in [-0.3, -0.25) is 4.79 Å². The molecular weight excluding hydrogens is 428 g/mol. The van der Waals surface area contributed by atoms with E-state index in [1.165, 1.54) is 5.56 Å². The van der Waals surface area contributed by atoms with Crippen LogP contribution in [0.2, 0.25) is 0 Å². The summed E-state index contributed by atoms with van der Waals surface area (Å²) in [5.74, 6) is 2.07. The maximum Gasteiger partial charge on any atom is 0.261 e. The standard InChI is InChI=1S/C26H30N6O2/c1-4-32-9-7-16(8-10-32)18-5-6-20-23(24(18)34-14-15(2)3)31-25(30-20)21-22-19(13-29-26(21)33)17(11-27)12-28-22/h5-6,12-13,15-16,28H,4,7-10,14H2,1-3H3,(H,29,33)(H,30,31). The third kappa shape index (κ3) is 3.86. The minimum absolute atomic E-state index is 0.269. The van der Waals surface area contributed by atoms with Crippen molar-refractivity contribution in [2.45, 2.75) is 39.5 Å². The summed E-state index contributed by atoms with van der Waals surface area (Å²) < 4.78 is 6.37. The van der Waals surface area contributed by atoms with Gasteiger partial charge in [-0.15, -0.1) is 0 Å². The third-order valence-corrected chi connectivity index (χ3v) is 6.78. The van der Waals surface area contributed by atoms with Gasteiger partial charge in [0, 0.05) is 17.8 Å². The van der Waals surface area contributed by atoms with Crippen LogP contribution in [0.1, 0.15) is 50.7 Å². The number of hydrogen-bond acceptors (Lipinski definition) is 5. The molecule has 1 saturated heterocycles. The quantitative estimate of drug-likeness (QED) is 0.393. The Hall–Kier alpha value is -3.57. The lowest BCUT2D eigenvalue weighted by Crippen LogP contribution is -2.32. The molecule has 3 aromatic heterocycles. The van der Waals surface area contributed by atoms with E-state index in [0.717, 1.165) is 49.3 Å². The number of nitrogens with one attached hydrogen (secondary N) is 3. The van der Waals surface area contributed by atoms with Crippen molar-refractivity contribution in [2.24, 2.45) is 5.92 Å². The molecule has 0 spiro atoms. The molecule has 34 heavy (non-hydrogen) atoms. The van der Waals surface area contributed by atoms with Crippen molar-refractivity contribution in [3.63, 3.8) is 0 Å². The summed E-state index contributed by atoms with van der Waals surface area (Å²) >= 11 is 0. The first-order valence-corrected chi connectivity index (χ1v) is 12.0. The maximum atomic E-state index is 12.8. The van der Waals surface area contributed by atoms with Crippen molar-refractivity contribution < 1.29 is 4.74 Å². The first kappa shape index (κ1) is 22.2. The van der Waals surface area contributed by atoms with E-state index in [-0.39, 0.29) is 5.56 Å². The lowest BCUT2D eigenvalue weighted by Gasteiger charge is -2.32. The summed E-state index contributed by atoms with van der Waals surface area (Å²) in [5.41, 5.74) is 3.96. The Morgan fingerprint density at radius 1 is 1.24 bits per heavy atom. The molecule has 0 saturated carbocycles. The van der Waals surface area contributed by atoms with Crippen molar-refractivity contribution in [3.8, 4) is 23.2 Å². The summed E-state index contributed by atoms with van der Waals surface area (Å²) in [4.78, 5) is 29.3. The Labute approximate surface area is 198 Å². The molecule has 1 aliphatic rings. The number of pyridine rings is 1. The summed E-state index contributed by atoms with van der Waals surface area (Å²) in [6.45, 7) is 10.3. The summed E-state index contributed by atoms with van der Waals surface area (Å²) in [6.07, 6.45) is 5.36. The number of aromatic nitrogens is 4. The largest absolute Gasteiger partial charge is 0.491 e. The maximum absolute atomic E-state index is 12.8. The fraction of sp³-hybridized carbons (Fsp3) is 0.423. The lowest BCUT2D eigenvalue weighted by molar-refractivity contribution is 0.217. The molecule has 8 heteroatoms. The number of rotatable bonds is 6. The van der Waals surface area contributed by atoms with E-state index < -0.39 is 0 Å². The van der Waals surface area contributed by atoms with Gasteiger partial charge in [0.15, 0.2) is 5.75 Å². The molecule has 3 N–H and O–H groups in total. The molecule has 0 bridgehead atoms. The molecule has 0 atom stereocenters. The van der Waals surface area contributed by atoms with Gasteiger partial charge in [-0.2, -0.15) is 5.26 Å². The monoisotopic (exact) mass is 458 g/mol. The lowest BCUT2D eigenvalue weighted by atomic mass is 9.88. The summed E-state index contributed by atoms with van der Waals surface area (Å²) in [5, 5.41) is 10.1. The van der Waals surface area contributed by atoms with Gasteiger partial charge in [0.25, 0.3) is 5.56 Å². The molecule has 5 rings (SSSR count). The minimum Gasteiger partial charge on any atom is -0.491 e. The Balaban J connectivity index is 1.63. The van der Waals surface area contributed by atoms with Gasteiger partial charge < -0.3 is 24.6 Å². The van der Waals surface area contributed by atoms with E-state index in [9.17, 15) is 10.1 Å². The zero-order valence-corrected chi connectivity index (χ0v) is 19.9. The number of likely N-dealkylation sites (tertiary alicyclic amines) is 1. The second-order valence-corrected chi connectivity index (χ2v) is 9.47. The normalized spacial score (nSPS) is 15.4. The van der Waals surface area contributed by atoms with Crippen LogP contribution in [0.4, 0.5) is 0 Å². The molecule has 0 radical (unpaired) electrons. The van der Waals surface area contributed by atoms with Crippen molar-refractivity contribution in [2.75, 3.05) is 26.2 Å². The number of hydrogen-bond donors (Lipinski definition) is 3. The average molecular weight is 459 g/mol. The van der Waals surface area contributed by atoms with Gasteiger partial charge in [-0.25, -0.2) is 4.98 Å². The van der Waals surface area contributed by atoms with Crippen LogP contribution in [0.5, 0.6) is 5.75 Å². The number of ether oxygens (including phenoxy) is 1. The Bertz CT molecular complexity index is 1430. The van der Waals surface area contributed by atoms with Gasteiger partial charge in [0.05, 0.1) is 23.2 Å². The molecule has 8 nitrogen and oxygen atoms in total. The van der Waals surface area contributed by atoms with Crippen LogP contribution in [-0.4, -0.2) is 51.1 Å². The van der Waals surface area contributed by atoms with Crippen LogP contribution >= 0.6 is 0 Å². The number of H-pyrrole nitrogens is 3. The molecule has 4 heterocycles. The molecule has 0 amide bonds. The van der Waals surface area contributed by atoms with Crippen LogP contribution < -0.4 is 10.3 Å². The topological polar surface area (TPSA) is 114 Å². The number of benzene rings is 1. The number of nitrogens with zero attached hydrogens (tertiary/aromatic N) is 3. The Kier molecular flexibility index (Phi) is 5.88. The number of nitriles is 1. The SMILES string of the molecule is CCN1CCC(c2ccc3[nH]c(-c4c(=O)[nH]cc5c(C#N)c[nH]c45)nc3c2OCC(C)C)CC1. The average Bonchev–Trinajstić information content (AvgIpc) is 3.46. The predicted octanol–water partition coefficient (Wildman–Crippen LogP) is 4.51. The molecule has 1 aliphatic heterocycles. The number of imidazole rings is 1. The van der Waals surface area contributed by atoms with Crippen LogP contribution in [0.15, 0.2) is 29.3 Å². The highest BCUT2D eigenvalue weighted by molar-refractivity contribution is 5.97. The highest BCUT2D eigenvalue weighted by Crippen LogP contribution is 2.39. The first-order valence-electron chi connectivity index (χ1n) is 12.0. The molecule has 176 valence electrons. The fourth-order valence-electron chi connectivity index (χ4n) is 4.90. The second kappa shape index (κ2) is 8.99. The van der Waals surface area contributed by atoms with Crippen LogP contribution in [0.3, 0.4) is 0 Å². The molecule has 0 aliphatic carbocycles. The third-order valence-electron chi connectivity index (χ3n) is 6.78. The van der Waals surface area contributed by atoms with Crippen molar-refractivity contribution in [3.05, 3.63) is 46.0 Å². The van der Waals surface area contributed by atoms with E-state index in [1.54, 1.807) is 12.4 Å². The zero-order chi connectivity index (χ0) is 23.8. The Morgan fingerprint density at radius 3 is 2.74 bits per heavy atom. The fourth-order valence-corrected chi connectivity index (χ4v) is 4.90. The minimum atomic E-state index is -0.269. The van der Waals surface area contributed by atoms with E-state index in [2.05, 4.69) is 52.8 Å². The van der Waals surface area contributed by atoms with Crippen molar-refractivity contribution >= 4 is 21.9 Å². The van der Waals surface area contributed by atoms with E-state index in [0.29, 0.717) is 46.3 Å². The summed E-state index contributed by atoms with van der Waals surface area (Å²) in [7, 11) is 0. The van der Waals surface area contributed by atoms with Gasteiger partial charge in [-0.1, -0.05) is 26.8 Å². The number of aromatic amines is 3. The molecule has 4 aromatic rings. The van der Waals surface area contributed by atoms with Crippen LogP contribution in [0.25, 0.3) is 33.3 Å². The van der Waals surface area contributed by atoms with E-state index >= 15 is 0 Å². The highest BCUT2D eigenvalue weighted by Gasteiger charge is 2.26. The molecule has 0 unspecified atom stereocenters. The molecule has 1 aromatic carbocycles. The van der Waals surface area contributed by atoms with Crippen LogP contribution in [0, 0.1) is 17.2 Å². The zero-order valence-electron chi connectivity index (χ0n) is 19.9. The van der Waals surface area contributed by atoms with Gasteiger partial charge in [0.1, 0.15) is 23.0 Å². The second-order valence-electron chi connectivity index (χ2n) is 9.47. The first-order chi connectivity index (χ1) is 16.5. The van der Waals surface area contributed by atoms with Crippen molar-refractivity contribution in [1.29, 1.82) is 5.26 Å². The molecule has 1 fully saturated rings. The van der Waals surface area contributed by atoms with E-state index in [1.807, 2.05) is 6.07 Å². The van der Waals surface area contributed by atoms with Gasteiger partial charge >= 0.3 is 0 Å². The van der Waals surface area contributed by atoms with Crippen molar-refractivity contribution in [1.82, 2.24) is 24.8 Å². The smallest absolute Gasteiger partial charge is 0.261 e. The van der Waals surface area contributed by atoms with E-state index in [4.69, 9.17) is 9.72 Å². The Morgan fingerprint density at radius 2 is 2.03 bits per heavy atom. The van der Waals surface area contributed by atoms with Crippen LogP contribution in [-0.2, 0) is 0 Å². The van der Waals surface area contributed by atoms with Gasteiger partial charge in [-0.05, 0) is 55.9 Å². The number of fused-ring (bicyclic) bond motifs is 2.